The fraction of sp³-hybridized carbons (Fsp3) is 1.00. The molecule has 0 fully saturated rings. The molecule has 0 rings (SSSR count). The molecule has 13 heteroatoms. The van der Waals surface area contributed by atoms with Crippen LogP contribution >= 0.6 is 56.9 Å². The Kier molecular flexibility index (Phi) is 2060. The van der Waals surface area contributed by atoms with Crippen LogP contribution in [0.5, 0.6) is 0 Å². The van der Waals surface area contributed by atoms with Gasteiger partial charge in [-0.05, 0) is 0 Å². The van der Waals surface area contributed by atoms with E-state index in [-0.39, 0.29) is 44.2 Å². The second-order valence-electron chi connectivity index (χ2n) is 0.0583. The first-order chi connectivity index (χ1) is 5.41. The molecule has 2 unspecified atom stereocenters. The van der Waals surface area contributed by atoms with E-state index in [1.54, 1.807) is 0 Å². The molecule has 0 spiro atoms. The first kappa shape index (κ1) is 79.3. The molecule has 0 aromatic rings. The smallest absolute Gasteiger partial charge is 0.197 e. The van der Waals surface area contributed by atoms with Crippen molar-refractivity contribution in [3.05, 3.63) is 0 Å². The summed E-state index contributed by atoms with van der Waals surface area (Å²) in [5.41, 5.74) is 0. The lowest BCUT2D eigenvalue weighted by Crippen LogP contribution is -1.38. The van der Waals surface area contributed by atoms with Crippen LogP contribution in [0.3, 0.4) is 0 Å². The molecule has 0 saturated carbocycles. The van der Waals surface area contributed by atoms with Crippen LogP contribution < -0.4 is 0 Å². The summed E-state index contributed by atoms with van der Waals surface area (Å²) < 4.78 is 28.3. The molecule has 0 aromatic heterocycles. The summed E-state index contributed by atoms with van der Waals surface area (Å²) in [7, 11) is 12.7. The minimum Gasteiger partial charge on any atom is -0.197 e. The van der Waals surface area contributed by atoms with Crippen LogP contribution in [0.2, 0.25) is 0 Å². The number of thiol groups is 1. The van der Waals surface area contributed by atoms with Crippen molar-refractivity contribution in [2.45, 2.75) is 22.3 Å². The van der Waals surface area contributed by atoms with Crippen LogP contribution in [0.25, 0.3) is 0 Å². The zero-order valence-corrected chi connectivity index (χ0v) is 12.8. The summed E-state index contributed by atoms with van der Waals surface area (Å²) in [5.74, 6) is 0. The van der Waals surface area contributed by atoms with E-state index in [9.17, 15) is 11.7 Å². The van der Waals surface area contributed by atoms with Crippen molar-refractivity contribution in [3.63, 3.8) is 0 Å². The van der Waals surface area contributed by atoms with Gasteiger partial charge in [-0.3, -0.25) is 0 Å². The van der Waals surface area contributed by atoms with Crippen LogP contribution in [0, 0.1) is 0 Å². The zero-order chi connectivity index (χ0) is 10.7. The third-order valence-electron chi connectivity index (χ3n) is 0. The second-order valence-corrected chi connectivity index (χ2v) is 0.175. The first-order valence-electron chi connectivity index (χ1n) is 1.31. The largest absolute Gasteiger partial charge is 0.255 e. The van der Waals surface area contributed by atoms with Gasteiger partial charge in [0.05, 0.1) is 0 Å². The van der Waals surface area contributed by atoms with Crippen LogP contribution in [0.15, 0.2) is 0 Å². The Labute approximate surface area is 136 Å². The van der Waals surface area contributed by atoms with Crippen molar-refractivity contribution >= 4 is 103 Å². The molecule has 2 atom stereocenters. The highest BCUT2D eigenvalue weighted by atomic mass is 32.8. The summed E-state index contributed by atoms with van der Waals surface area (Å²) in [6, 6.07) is 0. The molecule has 0 N–H and O–H groups in total. The van der Waals surface area contributed by atoms with Crippen LogP contribution in [-0.2, 0) is 22.4 Å². The van der Waals surface area contributed by atoms with Gasteiger partial charge in [0.25, 0.3) is 12.5 Å². The maximum Gasteiger partial charge on any atom is 0.255 e. The molecule has 0 bridgehead atoms. The minimum atomic E-state index is -1.25. The fourth-order valence-electron chi connectivity index (χ4n) is 0. The van der Waals surface area contributed by atoms with E-state index < -0.39 is 12.5 Å². The van der Waals surface area contributed by atoms with Gasteiger partial charge in [0, 0.05) is 59.3 Å². The van der Waals surface area contributed by atoms with Crippen molar-refractivity contribution in [3.8, 4) is 0 Å². The van der Waals surface area contributed by atoms with E-state index in [1.165, 1.54) is 0 Å². The fourth-order valence-corrected chi connectivity index (χ4v) is 0. The van der Waals surface area contributed by atoms with Gasteiger partial charge in [0.15, 0.2) is 0 Å². The van der Waals surface area contributed by atoms with E-state index in [4.69, 9.17) is 0 Å². The van der Waals surface area contributed by atoms with Crippen LogP contribution in [0.1, 0.15) is 22.3 Å². The van der Waals surface area contributed by atoms with Gasteiger partial charge in [0.2, 0.25) is 0 Å². The highest BCUT2D eigenvalue weighted by Crippen LogP contribution is 1.95. The van der Waals surface area contributed by atoms with Crippen LogP contribution in [-0.4, -0.2) is 23.9 Å². The van der Waals surface area contributed by atoms with Crippen molar-refractivity contribution < 1.29 is 11.7 Å². The molecule has 7 radical (unpaired) electrons. The molecule has 0 heterocycles. The molecule has 0 saturated heterocycles. The minimum absolute atomic E-state index is 0. The quantitative estimate of drug-likeness (QED) is 0.393. The van der Waals surface area contributed by atoms with Gasteiger partial charge < -0.3 is 0 Å². The maximum atomic E-state index is 9.54. The molecule has 0 aliphatic rings. The number of hydrogen-bond acceptors (Lipinski definition) is 4. The Hall–Kier alpha value is 2.33. The van der Waals surface area contributed by atoms with Crippen molar-refractivity contribution in [2.75, 3.05) is 0 Å². The van der Waals surface area contributed by atoms with Gasteiger partial charge in [-0.2, -0.15) is 17.4 Å². The molecule has 16 heavy (non-hydrogen) atoms. The molecular formula is C3H19B3F3P2S5. The molecule has 0 aromatic carbocycles. The lowest BCUT2D eigenvalue weighted by Gasteiger charge is -1.36. The summed E-state index contributed by atoms with van der Waals surface area (Å²) in [6.07, 6.45) is 0. The number of rotatable bonds is 0. The summed E-state index contributed by atoms with van der Waals surface area (Å²) in [6.45, 7) is 0. The van der Waals surface area contributed by atoms with Crippen molar-refractivity contribution in [2.24, 2.45) is 0 Å². The van der Waals surface area contributed by atoms with Crippen molar-refractivity contribution in [1.29, 1.82) is 0 Å². The van der Waals surface area contributed by atoms with E-state index in [0.29, 0.717) is 0 Å². The third-order valence-corrected chi connectivity index (χ3v) is 0. The van der Waals surface area contributed by atoms with E-state index in [1.807, 2.05) is 13.0 Å². The molecule has 0 aliphatic heterocycles. The molecule has 0 aliphatic carbocycles. The third kappa shape index (κ3) is 705. The average Bonchev–Trinajstić information content (AvgIpc) is 2.18. The van der Waals surface area contributed by atoms with Crippen LogP contribution in [0.4, 0.5) is 11.7 Å². The van der Waals surface area contributed by atoms with E-state index in [0.717, 1.165) is 0 Å². The topological polar surface area (TPSA) is 0 Å². The van der Waals surface area contributed by atoms with Gasteiger partial charge in [-0.1, -0.05) is 22.3 Å². The summed E-state index contributed by atoms with van der Waals surface area (Å²) in [4.78, 5) is 0. The molecule has 0 nitrogen and oxygen atoms in total. The highest BCUT2D eigenvalue weighted by Gasteiger charge is 1.49. The molecule has 101 valence electrons. The Bertz CT molecular complexity index is 40.1. The lowest BCUT2D eigenvalue weighted by molar-refractivity contribution is 0.814. The number of halogens is 3. The second kappa shape index (κ2) is 416. The van der Waals surface area contributed by atoms with E-state index >= 15 is 0 Å². The molecule has 0 amide bonds. The van der Waals surface area contributed by atoms with E-state index in [2.05, 4.69) is 55.7 Å². The summed E-state index contributed by atoms with van der Waals surface area (Å²) >= 11 is 8.11. The maximum absolute atomic E-state index is 9.54. The average molecular weight is 367 g/mol. The Morgan fingerprint density at radius 2 is 0.938 bits per heavy atom. The molecular weight excluding hydrogens is 348 g/mol. The van der Waals surface area contributed by atoms with Crippen molar-refractivity contribution in [1.82, 2.24) is 0 Å². The predicted octanol–water partition coefficient (Wildman–Crippen LogP) is 3.81. The zero-order valence-electron chi connectivity index (χ0n) is 6.19. The SMILES string of the molecule is C.C.C.FS.FSF.PP.S.S=S.[B].[B][B]. The number of hydrogen-bond donors (Lipinski definition) is 1. The van der Waals surface area contributed by atoms with Gasteiger partial charge >= 0.3 is 0 Å². The Morgan fingerprint density at radius 1 is 0.938 bits per heavy atom. The lowest BCUT2D eigenvalue weighted by atomic mass is 9.81. The Balaban J connectivity index is -0.00000000330. The van der Waals surface area contributed by atoms with Gasteiger partial charge in [-0.25, -0.2) is 0 Å². The standard InChI is InChI=1S/3CH4.B2.B.F2S.FHS.H4P2.S2.H2S/c;;;1-2;;1-3-2;3*1-2;/h3*1H4;;;;2H;1-2H2;;1H2. The Morgan fingerprint density at radius 3 is 0.938 bits per heavy atom. The first-order valence-corrected chi connectivity index (χ1v) is 6.27. The normalized spacial score (nSPS) is 2.38. The summed E-state index contributed by atoms with van der Waals surface area (Å²) in [5, 5.41) is 0. The monoisotopic (exact) mass is 367 g/mol. The van der Waals surface area contributed by atoms with Gasteiger partial charge in [0.1, 0.15) is 0 Å². The predicted molar refractivity (Wildman–Crippen MR) is 102 cm³/mol. The van der Waals surface area contributed by atoms with Gasteiger partial charge in [-0.15, -0.1) is 25.6 Å². The highest BCUT2D eigenvalue weighted by molar-refractivity contribution is 8.07.